The van der Waals surface area contributed by atoms with Crippen molar-refractivity contribution < 1.29 is 5.11 Å². The molecule has 0 heterocycles. The zero-order valence-corrected chi connectivity index (χ0v) is 9.84. The van der Waals surface area contributed by atoms with Crippen LogP contribution in [0.15, 0.2) is 0 Å². The molecule has 0 spiro atoms. The summed E-state index contributed by atoms with van der Waals surface area (Å²) in [7, 11) is 0. The van der Waals surface area contributed by atoms with Crippen LogP contribution in [0.3, 0.4) is 0 Å². The Bertz CT molecular complexity index is 162. The van der Waals surface area contributed by atoms with E-state index in [2.05, 4.69) is 12.2 Å². The quantitative estimate of drug-likeness (QED) is 0.712. The normalized spacial score (nSPS) is 24.9. The molecule has 1 rings (SSSR count). The van der Waals surface area contributed by atoms with E-state index in [-0.39, 0.29) is 0 Å². The Hall–Kier alpha value is -0.0800. The highest BCUT2D eigenvalue weighted by atomic mass is 16.3. The second-order valence-corrected chi connectivity index (χ2v) is 5.06. The molecule has 1 saturated carbocycles. The van der Waals surface area contributed by atoms with Gasteiger partial charge in [-0.1, -0.05) is 19.8 Å². The van der Waals surface area contributed by atoms with Crippen molar-refractivity contribution in [2.24, 2.45) is 5.92 Å². The third-order valence-electron chi connectivity index (χ3n) is 3.67. The fourth-order valence-electron chi connectivity index (χ4n) is 2.13. The van der Waals surface area contributed by atoms with E-state index < -0.39 is 5.60 Å². The zero-order chi connectivity index (χ0) is 10.6. The minimum atomic E-state index is -0.535. The van der Waals surface area contributed by atoms with Crippen molar-refractivity contribution in [2.75, 3.05) is 6.54 Å². The van der Waals surface area contributed by atoms with Crippen molar-refractivity contribution in [2.45, 2.75) is 64.5 Å². The van der Waals surface area contributed by atoms with Gasteiger partial charge in [0.15, 0.2) is 0 Å². The minimum Gasteiger partial charge on any atom is -0.389 e. The summed E-state index contributed by atoms with van der Waals surface area (Å²) in [6, 6.07) is 0.565. The van der Waals surface area contributed by atoms with Crippen molar-refractivity contribution in [3.05, 3.63) is 0 Å². The number of hydrogen-bond acceptors (Lipinski definition) is 2. The maximum absolute atomic E-state index is 9.85. The van der Waals surface area contributed by atoms with Gasteiger partial charge < -0.3 is 10.4 Å². The average Bonchev–Trinajstić information content (AvgIpc) is 2.67. The Kier molecular flexibility index (Phi) is 4.39. The number of rotatable bonds is 5. The van der Waals surface area contributed by atoms with Crippen LogP contribution in [0.5, 0.6) is 0 Å². The minimum absolute atomic E-state index is 0.535. The summed E-state index contributed by atoms with van der Waals surface area (Å²) in [5, 5.41) is 13.3. The Balaban J connectivity index is 2.23. The molecular formula is C12H25NO. The topological polar surface area (TPSA) is 32.3 Å². The zero-order valence-electron chi connectivity index (χ0n) is 9.84. The lowest BCUT2D eigenvalue weighted by Gasteiger charge is -2.27. The van der Waals surface area contributed by atoms with Gasteiger partial charge in [-0.3, -0.25) is 0 Å². The van der Waals surface area contributed by atoms with Crippen LogP contribution in [0, 0.1) is 5.92 Å². The van der Waals surface area contributed by atoms with Gasteiger partial charge in [0.2, 0.25) is 0 Å². The Morgan fingerprint density at radius 1 is 1.43 bits per heavy atom. The first kappa shape index (κ1) is 12.0. The highest BCUT2D eigenvalue weighted by Crippen LogP contribution is 2.27. The van der Waals surface area contributed by atoms with Crippen LogP contribution in [0.2, 0.25) is 0 Å². The van der Waals surface area contributed by atoms with Crippen molar-refractivity contribution in [3.63, 3.8) is 0 Å². The van der Waals surface area contributed by atoms with E-state index in [4.69, 9.17) is 0 Å². The van der Waals surface area contributed by atoms with Crippen LogP contribution < -0.4 is 5.32 Å². The van der Waals surface area contributed by atoms with E-state index in [1.807, 2.05) is 13.8 Å². The Morgan fingerprint density at radius 2 is 2.00 bits per heavy atom. The fourth-order valence-corrected chi connectivity index (χ4v) is 2.13. The van der Waals surface area contributed by atoms with Crippen LogP contribution in [-0.2, 0) is 0 Å². The molecule has 84 valence electrons. The summed E-state index contributed by atoms with van der Waals surface area (Å²) in [6.07, 6.45) is 6.32. The molecule has 1 fully saturated rings. The third-order valence-corrected chi connectivity index (χ3v) is 3.67. The van der Waals surface area contributed by atoms with Crippen LogP contribution in [0.25, 0.3) is 0 Å². The summed E-state index contributed by atoms with van der Waals surface area (Å²) in [5.74, 6) is 0.836. The van der Waals surface area contributed by atoms with Crippen molar-refractivity contribution in [1.82, 2.24) is 5.32 Å². The van der Waals surface area contributed by atoms with Gasteiger partial charge in [-0.25, -0.2) is 0 Å². The monoisotopic (exact) mass is 199 g/mol. The Morgan fingerprint density at radius 3 is 2.50 bits per heavy atom. The molecule has 0 aromatic carbocycles. The highest BCUT2D eigenvalue weighted by molar-refractivity contribution is 4.81. The van der Waals surface area contributed by atoms with Gasteiger partial charge in [-0.2, -0.15) is 0 Å². The SMILES string of the molecule is CCC(C)(O)CN[C@H](C)C1CCCC1. The summed E-state index contributed by atoms with van der Waals surface area (Å²) >= 11 is 0. The molecule has 0 aromatic rings. The van der Waals surface area contributed by atoms with Gasteiger partial charge in [-0.15, -0.1) is 0 Å². The number of nitrogens with one attached hydrogen (secondary N) is 1. The van der Waals surface area contributed by atoms with Crippen LogP contribution in [0.4, 0.5) is 0 Å². The maximum Gasteiger partial charge on any atom is 0.0741 e. The van der Waals surface area contributed by atoms with Gasteiger partial charge in [0.1, 0.15) is 0 Å². The first-order valence-electron chi connectivity index (χ1n) is 6.01. The third kappa shape index (κ3) is 3.58. The molecule has 2 heteroatoms. The van der Waals surface area contributed by atoms with E-state index in [0.717, 1.165) is 18.9 Å². The molecule has 14 heavy (non-hydrogen) atoms. The first-order chi connectivity index (χ1) is 6.55. The van der Waals surface area contributed by atoms with E-state index in [0.29, 0.717) is 6.04 Å². The molecule has 0 saturated heterocycles. The standard InChI is InChI=1S/C12H25NO/c1-4-12(3,14)9-13-10(2)11-7-5-6-8-11/h10-11,13-14H,4-9H2,1-3H3/t10-,12?/m1/s1. The maximum atomic E-state index is 9.85. The van der Waals surface area contributed by atoms with Gasteiger partial charge in [-0.05, 0) is 39.0 Å². The van der Waals surface area contributed by atoms with E-state index in [9.17, 15) is 5.11 Å². The van der Waals surface area contributed by atoms with Crippen LogP contribution in [0.1, 0.15) is 52.9 Å². The molecule has 0 aliphatic heterocycles. The predicted octanol–water partition coefficient (Wildman–Crippen LogP) is 2.32. The summed E-state index contributed by atoms with van der Waals surface area (Å²) in [4.78, 5) is 0. The lowest BCUT2D eigenvalue weighted by Crippen LogP contribution is -2.43. The van der Waals surface area contributed by atoms with Crippen LogP contribution in [-0.4, -0.2) is 23.3 Å². The van der Waals surface area contributed by atoms with E-state index in [1.165, 1.54) is 25.7 Å². The molecule has 2 atom stereocenters. The molecule has 0 radical (unpaired) electrons. The molecule has 0 aromatic heterocycles. The van der Waals surface area contributed by atoms with E-state index >= 15 is 0 Å². The summed E-state index contributed by atoms with van der Waals surface area (Å²) in [5.41, 5.74) is -0.535. The lowest BCUT2D eigenvalue weighted by atomic mass is 9.97. The Labute approximate surface area is 88.1 Å². The highest BCUT2D eigenvalue weighted by Gasteiger charge is 2.24. The number of aliphatic hydroxyl groups is 1. The van der Waals surface area contributed by atoms with Crippen molar-refractivity contribution >= 4 is 0 Å². The van der Waals surface area contributed by atoms with Crippen molar-refractivity contribution in [1.29, 1.82) is 0 Å². The lowest BCUT2D eigenvalue weighted by molar-refractivity contribution is 0.0512. The molecule has 2 N–H and O–H groups in total. The molecule has 0 bridgehead atoms. The largest absolute Gasteiger partial charge is 0.389 e. The smallest absolute Gasteiger partial charge is 0.0741 e. The molecule has 2 nitrogen and oxygen atoms in total. The molecule has 0 amide bonds. The van der Waals surface area contributed by atoms with Gasteiger partial charge in [0.05, 0.1) is 5.60 Å². The molecule has 1 unspecified atom stereocenters. The predicted molar refractivity (Wildman–Crippen MR) is 60.3 cm³/mol. The molecular weight excluding hydrogens is 174 g/mol. The molecule has 1 aliphatic carbocycles. The van der Waals surface area contributed by atoms with Gasteiger partial charge in [0, 0.05) is 12.6 Å². The number of hydrogen-bond donors (Lipinski definition) is 2. The second-order valence-electron chi connectivity index (χ2n) is 5.06. The first-order valence-corrected chi connectivity index (χ1v) is 6.01. The average molecular weight is 199 g/mol. The fraction of sp³-hybridized carbons (Fsp3) is 1.00. The van der Waals surface area contributed by atoms with Crippen LogP contribution >= 0.6 is 0 Å². The molecule has 1 aliphatic rings. The van der Waals surface area contributed by atoms with E-state index in [1.54, 1.807) is 0 Å². The summed E-state index contributed by atoms with van der Waals surface area (Å²) in [6.45, 7) is 6.91. The van der Waals surface area contributed by atoms with Crippen molar-refractivity contribution in [3.8, 4) is 0 Å². The van der Waals surface area contributed by atoms with Gasteiger partial charge >= 0.3 is 0 Å². The summed E-state index contributed by atoms with van der Waals surface area (Å²) < 4.78 is 0. The second kappa shape index (κ2) is 5.13. The van der Waals surface area contributed by atoms with Gasteiger partial charge in [0.25, 0.3) is 0 Å².